The Morgan fingerprint density at radius 1 is 1.27 bits per heavy atom. The molecular formula is C18H23F2N3O3. The summed E-state index contributed by atoms with van der Waals surface area (Å²) in [6, 6.07) is 1.72. The van der Waals surface area contributed by atoms with Crippen molar-refractivity contribution < 1.29 is 23.2 Å². The highest BCUT2D eigenvalue weighted by Gasteiger charge is 2.27. The molecule has 1 saturated heterocycles. The molecule has 0 radical (unpaired) electrons. The smallest absolute Gasteiger partial charge is 0.242 e. The number of amides is 3. The molecule has 142 valence electrons. The van der Waals surface area contributed by atoms with Crippen LogP contribution in [-0.4, -0.2) is 36.3 Å². The summed E-state index contributed by atoms with van der Waals surface area (Å²) in [4.78, 5) is 35.9. The summed E-state index contributed by atoms with van der Waals surface area (Å²) < 4.78 is 26.3. The average molecular weight is 367 g/mol. The number of carbonyl (C=O) groups is 3. The molecule has 1 heterocycles. The highest BCUT2D eigenvalue weighted by Crippen LogP contribution is 2.14. The van der Waals surface area contributed by atoms with E-state index in [9.17, 15) is 23.2 Å². The maximum absolute atomic E-state index is 13.2. The van der Waals surface area contributed by atoms with Crippen molar-refractivity contribution in [1.29, 1.82) is 0 Å². The Hall–Kier alpha value is -2.51. The van der Waals surface area contributed by atoms with Gasteiger partial charge in [-0.2, -0.15) is 0 Å². The molecular weight excluding hydrogens is 344 g/mol. The second-order valence-corrected chi connectivity index (χ2v) is 6.68. The second-order valence-electron chi connectivity index (χ2n) is 6.68. The molecule has 1 aliphatic heterocycles. The van der Waals surface area contributed by atoms with E-state index in [4.69, 9.17) is 0 Å². The molecule has 1 fully saturated rings. The van der Waals surface area contributed by atoms with Crippen molar-refractivity contribution in [3.8, 4) is 0 Å². The van der Waals surface area contributed by atoms with Crippen molar-refractivity contribution in [2.24, 2.45) is 5.92 Å². The van der Waals surface area contributed by atoms with Crippen LogP contribution in [0.1, 0.15) is 32.3 Å². The summed E-state index contributed by atoms with van der Waals surface area (Å²) in [5, 5.41) is 8.05. The first-order chi connectivity index (χ1) is 12.2. The molecule has 6 nitrogen and oxygen atoms in total. The molecule has 0 spiro atoms. The molecule has 0 aromatic heterocycles. The Morgan fingerprint density at radius 3 is 2.58 bits per heavy atom. The van der Waals surface area contributed by atoms with Crippen molar-refractivity contribution in [3.05, 3.63) is 35.4 Å². The minimum Gasteiger partial charge on any atom is -0.356 e. The quantitative estimate of drug-likeness (QED) is 0.727. The van der Waals surface area contributed by atoms with E-state index in [1.807, 2.05) is 6.92 Å². The fourth-order valence-corrected chi connectivity index (χ4v) is 2.87. The highest BCUT2D eigenvalue weighted by molar-refractivity contribution is 5.88. The van der Waals surface area contributed by atoms with Gasteiger partial charge < -0.3 is 16.0 Å². The number of hydrogen-bond acceptors (Lipinski definition) is 3. The topological polar surface area (TPSA) is 87.3 Å². The molecule has 0 saturated carbocycles. The van der Waals surface area contributed by atoms with Gasteiger partial charge in [-0.3, -0.25) is 14.4 Å². The van der Waals surface area contributed by atoms with Crippen molar-refractivity contribution in [2.45, 2.75) is 45.2 Å². The predicted octanol–water partition coefficient (Wildman–Crippen LogP) is 1.04. The number of hydrogen-bond donors (Lipinski definition) is 3. The second kappa shape index (κ2) is 8.73. The van der Waals surface area contributed by atoms with Gasteiger partial charge in [0.05, 0.1) is 6.42 Å². The van der Waals surface area contributed by atoms with Crippen molar-refractivity contribution in [2.75, 3.05) is 6.54 Å². The zero-order valence-corrected chi connectivity index (χ0v) is 14.8. The van der Waals surface area contributed by atoms with Gasteiger partial charge in [0.2, 0.25) is 17.7 Å². The van der Waals surface area contributed by atoms with E-state index >= 15 is 0 Å². The predicted molar refractivity (Wildman–Crippen MR) is 91.0 cm³/mol. The third kappa shape index (κ3) is 5.79. The number of halogens is 2. The molecule has 1 aromatic rings. The fraction of sp³-hybridized carbons (Fsp3) is 0.500. The SMILES string of the molecule is CC1CCNC(=O)CC1NC(=O)[C@H](C)NC(=O)Cc1cc(F)cc(F)c1. The van der Waals surface area contributed by atoms with Crippen LogP contribution >= 0.6 is 0 Å². The molecule has 2 rings (SSSR count). The molecule has 3 N–H and O–H groups in total. The fourth-order valence-electron chi connectivity index (χ4n) is 2.87. The van der Waals surface area contributed by atoms with Crippen LogP contribution in [0.2, 0.25) is 0 Å². The van der Waals surface area contributed by atoms with E-state index in [2.05, 4.69) is 16.0 Å². The van der Waals surface area contributed by atoms with E-state index < -0.39 is 29.5 Å². The van der Waals surface area contributed by atoms with Gasteiger partial charge in [-0.1, -0.05) is 6.92 Å². The van der Waals surface area contributed by atoms with E-state index in [1.165, 1.54) is 6.92 Å². The van der Waals surface area contributed by atoms with Gasteiger partial charge in [0.1, 0.15) is 17.7 Å². The maximum atomic E-state index is 13.2. The minimum atomic E-state index is -0.834. The lowest BCUT2D eigenvalue weighted by Crippen LogP contribution is -2.50. The number of carbonyl (C=O) groups excluding carboxylic acids is 3. The molecule has 3 amide bonds. The van der Waals surface area contributed by atoms with E-state index in [0.29, 0.717) is 6.54 Å². The lowest BCUT2D eigenvalue weighted by atomic mass is 9.96. The normalized spacial score (nSPS) is 21.3. The first-order valence-electron chi connectivity index (χ1n) is 8.56. The number of benzene rings is 1. The largest absolute Gasteiger partial charge is 0.356 e. The molecule has 8 heteroatoms. The van der Waals surface area contributed by atoms with Crippen LogP contribution in [0.3, 0.4) is 0 Å². The summed E-state index contributed by atoms with van der Waals surface area (Å²) in [6.45, 7) is 4.04. The van der Waals surface area contributed by atoms with E-state index in [1.54, 1.807) is 0 Å². The van der Waals surface area contributed by atoms with Gasteiger partial charge in [0, 0.05) is 25.1 Å². The first-order valence-corrected chi connectivity index (χ1v) is 8.56. The third-order valence-corrected chi connectivity index (χ3v) is 4.40. The number of rotatable bonds is 5. The van der Waals surface area contributed by atoms with Gasteiger partial charge >= 0.3 is 0 Å². The van der Waals surface area contributed by atoms with Crippen LogP contribution in [-0.2, 0) is 20.8 Å². The van der Waals surface area contributed by atoms with Gasteiger partial charge in [0.15, 0.2) is 0 Å². The van der Waals surface area contributed by atoms with Crippen LogP contribution in [0.5, 0.6) is 0 Å². The summed E-state index contributed by atoms with van der Waals surface area (Å²) in [5.41, 5.74) is 0.182. The highest BCUT2D eigenvalue weighted by atomic mass is 19.1. The Bertz CT molecular complexity index is 676. The molecule has 26 heavy (non-hydrogen) atoms. The lowest BCUT2D eigenvalue weighted by Gasteiger charge is -2.24. The lowest BCUT2D eigenvalue weighted by molar-refractivity contribution is -0.129. The molecule has 1 aromatic carbocycles. The van der Waals surface area contributed by atoms with Crippen molar-refractivity contribution >= 4 is 17.7 Å². The van der Waals surface area contributed by atoms with Gasteiger partial charge in [0.25, 0.3) is 0 Å². The Balaban J connectivity index is 1.89. The van der Waals surface area contributed by atoms with Crippen LogP contribution in [0.15, 0.2) is 18.2 Å². The van der Waals surface area contributed by atoms with Crippen LogP contribution in [0.4, 0.5) is 8.78 Å². The Morgan fingerprint density at radius 2 is 1.92 bits per heavy atom. The zero-order valence-electron chi connectivity index (χ0n) is 14.8. The molecule has 0 aliphatic carbocycles. The van der Waals surface area contributed by atoms with Crippen LogP contribution < -0.4 is 16.0 Å². The average Bonchev–Trinajstić information content (AvgIpc) is 2.67. The third-order valence-electron chi connectivity index (χ3n) is 4.40. The summed E-state index contributed by atoms with van der Waals surface area (Å²) >= 11 is 0. The summed E-state index contributed by atoms with van der Waals surface area (Å²) in [7, 11) is 0. The summed E-state index contributed by atoms with van der Waals surface area (Å²) in [6.07, 6.45) is 0.702. The molecule has 2 unspecified atom stereocenters. The maximum Gasteiger partial charge on any atom is 0.242 e. The van der Waals surface area contributed by atoms with Gasteiger partial charge in [-0.05, 0) is 37.0 Å². The van der Waals surface area contributed by atoms with Crippen LogP contribution in [0.25, 0.3) is 0 Å². The molecule has 3 atom stereocenters. The van der Waals surface area contributed by atoms with Gasteiger partial charge in [-0.25, -0.2) is 8.78 Å². The monoisotopic (exact) mass is 367 g/mol. The minimum absolute atomic E-state index is 0.121. The van der Waals surface area contributed by atoms with E-state index in [-0.39, 0.29) is 36.3 Å². The Kier molecular flexibility index (Phi) is 6.65. The standard InChI is InChI=1S/C18H23F2N3O3/c1-10-3-4-21-16(24)9-15(10)23-18(26)11(2)22-17(25)7-12-5-13(19)8-14(20)6-12/h5-6,8,10-11,15H,3-4,7,9H2,1-2H3,(H,21,24)(H,22,25)(H,23,26)/t10?,11-,15?/m0/s1. The molecule has 0 bridgehead atoms. The Labute approximate surface area is 150 Å². The first kappa shape index (κ1) is 19.8. The van der Waals surface area contributed by atoms with Crippen molar-refractivity contribution in [1.82, 2.24) is 16.0 Å². The van der Waals surface area contributed by atoms with E-state index in [0.717, 1.165) is 24.6 Å². The van der Waals surface area contributed by atoms with Crippen molar-refractivity contribution in [3.63, 3.8) is 0 Å². The van der Waals surface area contributed by atoms with Crippen LogP contribution in [0, 0.1) is 17.6 Å². The zero-order chi connectivity index (χ0) is 19.3. The summed E-state index contributed by atoms with van der Waals surface area (Å²) in [5.74, 6) is -2.46. The molecule has 1 aliphatic rings. The van der Waals surface area contributed by atoms with Gasteiger partial charge in [-0.15, -0.1) is 0 Å². The number of nitrogens with one attached hydrogen (secondary N) is 3.